The number of carbonyl (C=O) groups excluding carboxylic acids is 2. The van der Waals surface area contributed by atoms with Crippen molar-refractivity contribution in [2.24, 2.45) is 4.99 Å². The van der Waals surface area contributed by atoms with Crippen LogP contribution in [-0.2, 0) is 9.53 Å². The predicted molar refractivity (Wildman–Crippen MR) is 142 cm³/mol. The molecule has 3 N–H and O–H groups in total. The van der Waals surface area contributed by atoms with Gasteiger partial charge in [0.1, 0.15) is 11.4 Å². The van der Waals surface area contributed by atoms with E-state index in [1.807, 2.05) is 65.8 Å². The Bertz CT molecular complexity index is 823. The van der Waals surface area contributed by atoms with Crippen LogP contribution in [0.5, 0.6) is 5.75 Å². The maximum absolute atomic E-state index is 12.3. The van der Waals surface area contributed by atoms with Crippen molar-refractivity contribution in [3.8, 4) is 5.75 Å². The molecular weight excluding hydrogens is 537 g/mol. The summed E-state index contributed by atoms with van der Waals surface area (Å²) in [6.07, 6.45) is 0.274. The van der Waals surface area contributed by atoms with E-state index in [1.165, 1.54) is 0 Å². The molecule has 0 fully saturated rings. The number of aliphatic imine (C=N–C) groups is 1. The lowest BCUT2D eigenvalue weighted by atomic mass is 10.1. The van der Waals surface area contributed by atoms with Crippen molar-refractivity contribution >= 4 is 47.6 Å². The number of anilines is 1. The Morgan fingerprint density at radius 3 is 2.55 bits per heavy atom. The molecule has 0 saturated heterocycles. The highest BCUT2D eigenvalue weighted by Crippen LogP contribution is 2.31. The summed E-state index contributed by atoms with van der Waals surface area (Å²) in [5.41, 5.74) is -0.323. The van der Waals surface area contributed by atoms with Gasteiger partial charge in [0.15, 0.2) is 12.6 Å². The normalized spacial score (nSPS) is 13.9. The van der Waals surface area contributed by atoms with Gasteiger partial charge in [-0.1, -0.05) is 12.1 Å². The number of guanidine groups is 1. The molecule has 33 heavy (non-hydrogen) atoms. The van der Waals surface area contributed by atoms with Gasteiger partial charge in [-0.3, -0.25) is 9.79 Å². The molecule has 0 saturated carbocycles. The molecule has 0 unspecified atom stereocenters. The summed E-state index contributed by atoms with van der Waals surface area (Å²) in [5.74, 6) is 1.34. The maximum Gasteiger partial charge on any atom is 0.408 e. The van der Waals surface area contributed by atoms with Crippen LogP contribution < -0.4 is 25.6 Å². The van der Waals surface area contributed by atoms with Crippen LogP contribution in [0.2, 0.25) is 0 Å². The van der Waals surface area contributed by atoms with Gasteiger partial charge in [-0.05, 0) is 60.1 Å². The summed E-state index contributed by atoms with van der Waals surface area (Å²) in [6.45, 7) is 13.6. The Balaban J connectivity index is 0.00000544. The van der Waals surface area contributed by atoms with E-state index in [4.69, 9.17) is 9.47 Å². The molecule has 9 nitrogen and oxygen atoms in total. The van der Waals surface area contributed by atoms with E-state index in [0.717, 1.165) is 17.9 Å². The van der Waals surface area contributed by atoms with Crippen molar-refractivity contribution < 1.29 is 19.1 Å². The van der Waals surface area contributed by atoms with Crippen LogP contribution >= 0.6 is 24.0 Å². The van der Waals surface area contributed by atoms with Gasteiger partial charge in [0.2, 0.25) is 0 Å². The SMILES string of the molecule is CCNC(=NCC(C)(C)NC(=O)OC(C)(C)C)NCCCN1C(=O)COc2ccccc21.I. The maximum atomic E-state index is 12.3. The first kappa shape index (κ1) is 28.8. The number of hydrogen-bond donors (Lipinski definition) is 3. The Morgan fingerprint density at radius 1 is 1.18 bits per heavy atom. The number of nitrogens with zero attached hydrogens (tertiary/aromatic N) is 2. The average Bonchev–Trinajstić information content (AvgIpc) is 2.68. The minimum atomic E-state index is -0.575. The highest BCUT2D eigenvalue weighted by Gasteiger charge is 2.25. The first-order chi connectivity index (χ1) is 15.0. The van der Waals surface area contributed by atoms with E-state index in [1.54, 1.807) is 4.90 Å². The molecule has 2 rings (SSSR count). The summed E-state index contributed by atoms with van der Waals surface area (Å²) in [4.78, 5) is 30.7. The zero-order valence-corrected chi connectivity index (χ0v) is 22.8. The number of fused-ring (bicyclic) bond motifs is 1. The Morgan fingerprint density at radius 2 is 1.88 bits per heavy atom. The minimum absolute atomic E-state index is 0. The second-order valence-electron chi connectivity index (χ2n) is 9.29. The number of carbonyl (C=O) groups is 2. The third-order valence-corrected chi connectivity index (χ3v) is 4.48. The summed E-state index contributed by atoms with van der Waals surface area (Å²) >= 11 is 0. The van der Waals surface area contributed by atoms with E-state index in [0.29, 0.717) is 32.1 Å². The number of amides is 2. The number of benzene rings is 1. The third kappa shape index (κ3) is 10.1. The van der Waals surface area contributed by atoms with Crippen LogP contribution in [0.3, 0.4) is 0 Å². The van der Waals surface area contributed by atoms with Gasteiger partial charge in [0.25, 0.3) is 5.91 Å². The third-order valence-electron chi connectivity index (χ3n) is 4.48. The topological polar surface area (TPSA) is 104 Å². The summed E-state index contributed by atoms with van der Waals surface area (Å²) in [7, 11) is 0. The number of ether oxygens (including phenoxy) is 2. The fourth-order valence-electron chi connectivity index (χ4n) is 3.08. The Hall–Kier alpha value is -2.24. The lowest BCUT2D eigenvalue weighted by Gasteiger charge is -2.29. The highest BCUT2D eigenvalue weighted by atomic mass is 127. The second kappa shape index (κ2) is 12.9. The van der Waals surface area contributed by atoms with E-state index in [2.05, 4.69) is 20.9 Å². The van der Waals surface area contributed by atoms with Crippen molar-refractivity contribution in [1.82, 2.24) is 16.0 Å². The van der Waals surface area contributed by atoms with Gasteiger partial charge >= 0.3 is 6.09 Å². The second-order valence-corrected chi connectivity index (χ2v) is 9.29. The van der Waals surface area contributed by atoms with Crippen molar-refractivity contribution in [3.63, 3.8) is 0 Å². The van der Waals surface area contributed by atoms with Crippen LogP contribution in [0.25, 0.3) is 0 Å². The molecule has 1 aromatic carbocycles. The van der Waals surface area contributed by atoms with Gasteiger partial charge in [0.05, 0.1) is 17.8 Å². The monoisotopic (exact) mass is 575 g/mol. The average molecular weight is 575 g/mol. The molecule has 0 atom stereocenters. The van der Waals surface area contributed by atoms with Crippen molar-refractivity contribution in [3.05, 3.63) is 24.3 Å². The zero-order valence-electron chi connectivity index (χ0n) is 20.5. The molecule has 1 aliphatic heterocycles. The molecule has 10 heteroatoms. The molecule has 2 amide bonds. The van der Waals surface area contributed by atoms with Crippen molar-refractivity contribution in [2.75, 3.05) is 37.7 Å². The van der Waals surface area contributed by atoms with E-state index in [9.17, 15) is 9.59 Å². The Kier molecular flexibility index (Phi) is 11.2. The number of para-hydroxylation sites is 2. The molecule has 1 heterocycles. The quantitative estimate of drug-likeness (QED) is 0.190. The predicted octanol–water partition coefficient (Wildman–Crippen LogP) is 3.28. The summed E-state index contributed by atoms with van der Waals surface area (Å²) in [5, 5.41) is 9.35. The van der Waals surface area contributed by atoms with E-state index in [-0.39, 0.29) is 36.5 Å². The fourth-order valence-corrected chi connectivity index (χ4v) is 3.08. The van der Waals surface area contributed by atoms with Crippen LogP contribution in [0.4, 0.5) is 10.5 Å². The number of nitrogens with one attached hydrogen (secondary N) is 3. The number of halogens is 1. The van der Waals surface area contributed by atoms with Crippen LogP contribution in [0, 0.1) is 0 Å². The van der Waals surface area contributed by atoms with Crippen LogP contribution in [-0.4, -0.2) is 61.9 Å². The first-order valence-electron chi connectivity index (χ1n) is 11.1. The molecule has 0 spiro atoms. The number of hydrogen-bond acceptors (Lipinski definition) is 5. The number of alkyl carbamates (subject to hydrolysis) is 1. The van der Waals surface area contributed by atoms with Gasteiger partial charge in [-0.2, -0.15) is 0 Å². The smallest absolute Gasteiger partial charge is 0.408 e. The first-order valence-corrected chi connectivity index (χ1v) is 11.1. The molecule has 0 aliphatic carbocycles. The largest absolute Gasteiger partial charge is 0.482 e. The van der Waals surface area contributed by atoms with E-state index >= 15 is 0 Å². The standard InChI is InChI=1S/C23H37N5O4.HI/c1-7-24-20(26-16-23(5,6)27-21(30)32-22(2,3)4)25-13-10-14-28-17-11-8-9-12-18(17)31-15-19(28)29;/h8-9,11-12H,7,10,13-16H2,1-6H3,(H,27,30)(H2,24,25,26);1H. The zero-order chi connectivity index (χ0) is 23.8. The van der Waals surface area contributed by atoms with Gasteiger partial charge in [-0.25, -0.2) is 4.79 Å². The Labute approximate surface area is 214 Å². The molecular formula is C23H38IN5O4. The lowest BCUT2D eigenvalue weighted by Crippen LogP contribution is -2.49. The van der Waals surface area contributed by atoms with E-state index < -0.39 is 17.2 Å². The molecule has 0 aromatic heterocycles. The van der Waals surface area contributed by atoms with Gasteiger partial charge in [-0.15, -0.1) is 24.0 Å². The van der Waals surface area contributed by atoms with Crippen LogP contribution in [0.1, 0.15) is 48.0 Å². The molecule has 1 aromatic rings. The fraction of sp³-hybridized carbons (Fsp3) is 0.609. The number of rotatable bonds is 8. The summed E-state index contributed by atoms with van der Waals surface area (Å²) < 4.78 is 10.8. The summed E-state index contributed by atoms with van der Waals surface area (Å²) in [6, 6.07) is 7.56. The molecule has 1 aliphatic rings. The molecule has 186 valence electrons. The molecule has 0 radical (unpaired) electrons. The van der Waals surface area contributed by atoms with Crippen molar-refractivity contribution in [2.45, 2.75) is 59.1 Å². The van der Waals surface area contributed by atoms with Crippen LogP contribution in [0.15, 0.2) is 29.3 Å². The van der Waals surface area contributed by atoms with Gasteiger partial charge < -0.3 is 30.3 Å². The minimum Gasteiger partial charge on any atom is -0.482 e. The highest BCUT2D eigenvalue weighted by molar-refractivity contribution is 14.0. The molecule has 0 bridgehead atoms. The van der Waals surface area contributed by atoms with Crippen molar-refractivity contribution in [1.29, 1.82) is 0 Å². The lowest BCUT2D eigenvalue weighted by molar-refractivity contribution is -0.121. The van der Waals surface area contributed by atoms with Gasteiger partial charge in [0, 0.05) is 19.6 Å².